The van der Waals surface area contributed by atoms with Gasteiger partial charge in [0.15, 0.2) is 0 Å². The molecule has 1 aromatic heterocycles. The molecule has 1 aliphatic rings. The van der Waals surface area contributed by atoms with Crippen LogP contribution in [-0.2, 0) is 11.3 Å². The number of ether oxygens (including phenoxy) is 1. The van der Waals surface area contributed by atoms with Gasteiger partial charge in [0.25, 0.3) is 0 Å². The van der Waals surface area contributed by atoms with Crippen molar-refractivity contribution in [2.45, 2.75) is 50.8 Å². The van der Waals surface area contributed by atoms with Gasteiger partial charge in [-0.3, -0.25) is 4.90 Å². The molecule has 19 heavy (non-hydrogen) atoms. The van der Waals surface area contributed by atoms with Crippen LogP contribution >= 0.6 is 0 Å². The van der Waals surface area contributed by atoms with Crippen LogP contribution in [0, 0.1) is 6.92 Å². The van der Waals surface area contributed by atoms with E-state index in [9.17, 15) is 0 Å². The summed E-state index contributed by atoms with van der Waals surface area (Å²) in [5, 5.41) is 0. The smallest absolute Gasteiger partial charge is 0.118 e. The molecular weight excluding hydrogens is 240 g/mol. The lowest BCUT2D eigenvalue weighted by Crippen LogP contribution is -2.61. The summed E-state index contributed by atoms with van der Waals surface area (Å²) in [4.78, 5) is 2.32. The summed E-state index contributed by atoms with van der Waals surface area (Å²) in [5.41, 5.74) is 6.05. The summed E-state index contributed by atoms with van der Waals surface area (Å²) in [7, 11) is 3.92. The van der Waals surface area contributed by atoms with Crippen LogP contribution in [0.25, 0.3) is 0 Å². The summed E-state index contributed by atoms with van der Waals surface area (Å²) in [6.45, 7) is 3.38. The first-order valence-corrected chi connectivity index (χ1v) is 7.12. The van der Waals surface area contributed by atoms with Crippen molar-refractivity contribution >= 4 is 0 Å². The van der Waals surface area contributed by atoms with Gasteiger partial charge in [-0.05, 0) is 38.9 Å². The molecule has 1 heterocycles. The lowest BCUT2D eigenvalue weighted by Gasteiger charge is -2.48. The van der Waals surface area contributed by atoms with Crippen LogP contribution in [0.1, 0.15) is 37.2 Å². The third kappa shape index (κ3) is 2.86. The molecule has 2 atom stereocenters. The number of rotatable bonds is 5. The van der Waals surface area contributed by atoms with E-state index >= 15 is 0 Å². The maximum Gasteiger partial charge on any atom is 0.118 e. The van der Waals surface area contributed by atoms with E-state index in [0.29, 0.717) is 6.54 Å². The van der Waals surface area contributed by atoms with Crippen molar-refractivity contribution in [1.82, 2.24) is 4.90 Å². The quantitative estimate of drug-likeness (QED) is 0.888. The Morgan fingerprint density at radius 3 is 2.84 bits per heavy atom. The summed E-state index contributed by atoms with van der Waals surface area (Å²) < 4.78 is 11.4. The Morgan fingerprint density at radius 1 is 1.47 bits per heavy atom. The molecule has 4 heteroatoms. The van der Waals surface area contributed by atoms with Gasteiger partial charge in [-0.25, -0.2) is 0 Å². The number of nitrogens with zero attached hydrogens (tertiary/aromatic N) is 1. The molecular formula is C15H26N2O2. The molecule has 0 radical (unpaired) electrons. The van der Waals surface area contributed by atoms with Crippen LogP contribution in [0.2, 0.25) is 0 Å². The highest BCUT2D eigenvalue weighted by Gasteiger charge is 2.43. The Hall–Kier alpha value is -0.840. The van der Waals surface area contributed by atoms with Crippen LogP contribution in [0.5, 0.6) is 0 Å². The SMILES string of the molecule is COC1CCCCC1(CN)N(C)Cc1ccc(C)o1. The van der Waals surface area contributed by atoms with E-state index in [2.05, 4.69) is 11.9 Å². The maximum absolute atomic E-state index is 6.11. The summed E-state index contributed by atoms with van der Waals surface area (Å²) >= 11 is 0. The molecule has 1 fully saturated rings. The van der Waals surface area contributed by atoms with Crippen LogP contribution < -0.4 is 5.73 Å². The molecule has 0 amide bonds. The van der Waals surface area contributed by atoms with E-state index in [4.69, 9.17) is 14.9 Å². The van der Waals surface area contributed by atoms with Crippen LogP contribution in [0.3, 0.4) is 0 Å². The average molecular weight is 266 g/mol. The molecule has 1 saturated carbocycles. The second-order valence-electron chi connectivity index (χ2n) is 5.65. The zero-order valence-electron chi connectivity index (χ0n) is 12.3. The Bertz CT molecular complexity index is 405. The van der Waals surface area contributed by atoms with Gasteiger partial charge in [0, 0.05) is 13.7 Å². The molecule has 1 aliphatic carbocycles. The minimum absolute atomic E-state index is 0.0618. The second-order valence-corrected chi connectivity index (χ2v) is 5.65. The zero-order valence-corrected chi connectivity index (χ0v) is 12.3. The van der Waals surface area contributed by atoms with Crippen molar-refractivity contribution in [1.29, 1.82) is 0 Å². The number of aryl methyl sites for hydroxylation is 1. The normalized spacial score (nSPS) is 27.9. The second kappa shape index (κ2) is 6.07. The predicted octanol–water partition coefficient (Wildman–Crippen LogP) is 2.31. The first-order valence-electron chi connectivity index (χ1n) is 7.12. The Kier molecular flexibility index (Phi) is 4.66. The largest absolute Gasteiger partial charge is 0.465 e. The van der Waals surface area contributed by atoms with Gasteiger partial charge in [-0.2, -0.15) is 0 Å². The number of nitrogens with two attached hydrogens (primary N) is 1. The van der Waals surface area contributed by atoms with E-state index in [1.54, 1.807) is 7.11 Å². The van der Waals surface area contributed by atoms with Gasteiger partial charge >= 0.3 is 0 Å². The summed E-state index contributed by atoms with van der Waals surface area (Å²) in [5.74, 6) is 1.95. The van der Waals surface area contributed by atoms with Gasteiger partial charge in [0.05, 0.1) is 18.2 Å². The molecule has 0 aliphatic heterocycles. The highest BCUT2D eigenvalue weighted by atomic mass is 16.5. The monoisotopic (exact) mass is 266 g/mol. The van der Waals surface area contributed by atoms with Crippen LogP contribution in [-0.4, -0.2) is 37.2 Å². The number of furan rings is 1. The molecule has 2 N–H and O–H groups in total. The van der Waals surface area contributed by atoms with Gasteiger partial charge in [-0.15, -0.1) is 0 Å². The minimum atomic E-state index is -0.0618. The Morgan fingerprint density at radius 2 is 2.26 bits per heavy atom. The Balaban J connectivity index is 2.14. The molecule has 1 aromatic rings. The highest BCUT2D eigenvalue weighted by molar-refractivity contribution is 5.08. The van der Waals surface area contributed by atoms with E-state index in [0.717, 1.165) is 30.9 Å². The van der Waals surface area contributed by atoms with Crippen LogP contribution in [0.15, 0.2) is 16.5 Å². The van der Waals surface area contributed by atoms with Gasteiger partial charge < -0.3 is 14.9 Å². The predicted molar refractivity (Wildman–Crippen MR) is 76.0 cm³/mol. The summed E-state index contributed by atoms with van der Waals surface area (Å²) in [6.07, 6.45) is 4.85. The van der Waals surface area contributed by atoms with Crippen molar-refractivity contribution in [3.05, 3.63) is 23.7 Å². The molecule has 4 nitrogen and oxygen atoms in total. The number of likely N-dealkylation sites (N-methyl/N-ethyl adjacent to an activating group) is 1. The van der Waals surface area contributed by atoms with Crippen molar-refractivity contribution < 1.29 is 9.15 Å². The molecule has 0 saturated heterocycles. The lowest BCUT2D eigenvalue weighted by molar-refractivity contribution is -0.0705. The van der Waals surface area contributed by atoms with Crippen LogP contribution in [0.4, 0.5) is 0 Å². The fourth-order valence-electron chi connectivity index (χ4n) is 3.32. The molecule has 2 unspecified atom stereocenters. The Labute approximate surface area is 115 Å². The molecule has 0 bridgehead atoms. The molecule has 2 rings (SSSR count). The first-order chi connectivity index (χ1) is 9.12. The fraction of sp³-hybridized carbons (Fsp3) is 0.733. The van der Waals surface area contributed by atoms with E-state index in [1.807, 2.05) is 19.1 Å². The van der Waals surface area contributed by atoms with Crippen molar-refractivity contribution in [2.24, 2.45) is 5.73 Å². The number of hydrogen-bond acceptors (Lipinski definition) is 4. The standard InChI is InChI=1S/C15H26N2O2/c1-12-7-8-13(19-12)10-17(2)15(11-16)9-5-4-6-14(15)18-3/h7-8,14H,4-6,9-11,16H2,1-3H3. The number of hydrogen-bond donors (Lipinski definition) is 1. The zero-order chi connectivity index (χ0) is 13.9. The molecule has 0 spiro atoms. The van der Waals surface area contributed by atoms with Crippen molar-refractivity contribution in [2.75, 3.05) is 20.7 Å². The lowest BCUT2D eigenvalue weighted by atomic mass is 9.77. The maximum atomic E-state index is 6.11. The number of methoxy groups -OCH3 is 1. The fourth-order valence-corrected chi connectivity index (χ4v) is 3.32. The van der Waals surface area contributed by atoms with E-state index in [1.165, 1.54) is 12.8 Å². The van der Waals surface area contributed by atoms with Crippen molar-refractivity contribution in [3.8, 4) is 0 Å². The molecule has 108 valence electrons. The van der Waals surface area contributed by atoms with E-state index in [-0.39, 0.29) is 11.6 Å². The summed E-state index contributed by atoms with van der Waals surface area (Å²) in [6, 6.07) is 4.05. The van der Waals surface area contributed by atoms with Crippen molar-refractivity contribution in [3.63, 3.8) is 0 Å². The first kappa shape index (κ1) is 14.6. The van der Waals surface area contributed by atoms with Gasteiger partial charge in [0.2, 0.25) is 0 Å². The molecule has 0 aromatic carbocycles. The van der Waals surface area contributed by atoms with Gasteiger partial charge in [-0.1, -0.05) is 12.8 Å². The van der Waals surface area contributed by atoms with E-state index < -0.39 is 0 Å². The van der Waals surface area contributed by atoms with Gasteiger partial charge in [0.1, 0.15) is 11.5 Å². The third-order valence-electron chi connectivity index (χ3n) is 4.51. The topological polar surface area (TPSA) is 51.6 Å². The minimum Gasteiger partial charge on any atom is -0.465 e. The third-order valence-corrected chi connectivity index (χ3v) is 4.51. The highest BCUT2D eigenvalue weighted by Crippen LogP contribution is 2.35. The average Bonchev–Trinajstić information content (AvgIpc) is 2.83.